The van der Waals surface area contributed by atoms with E-state index in [9.17, 15) is 9.59 Å². The highest BCUT2D eigenvalue weighted by molar-refractivity contribution is 6.34. The van der Waals surface area contributed by atoms with Crippen LogP contribution in [0.5, 0.6) is 0 Å². The van der Waals surface area contributed by atoms with E-state index in [4.69, 9.17) is 11.6 Å². The molecule has 1 aliphatic rings. The Morgan fingerprint density at radius 2 is 2.00 bits per heavy atom. The van der Waals surface area contributed by atoms with Crippen LogP contribution in [0.3, 0.4) is 0 Å². The van der Waals surface area contributed by atoms with Crippen molar-refractivity contribution in [3.63, 3.8) is 0 Å². The van der Waals surface area contributed by atoms with Crippen molar-refractivity contribution >= 4 is 29.1 Å². The third-order valence-electron chi connectivity index (χ3n) is 4.18. The second-order valence-electron chi connectivity index (χ2n) is 5.96. The molecule has 2 amide bonds. The number of benzene rings is 1. The molecule has 2 rings (SSSR count). The number of likely N-dealkylation sites (N-methyl/N-ethyl adjacent to an activating group) is 1. The molecule has 5 nitrogen and oxygen atoms in total. The number of nitrogens with zero attached hydrogens (tertiary/aromatic N) is 1. The van der Waals surface area contributed by atoms with Crippen molar-refractivity contribution in [3.8, 4) is 0 Å². The molecule has 0 heterocycles. The van der Waals surface area contributed by atoms with Crippen LogP contribution >= 0.6 is 11.6 Å². The zero-order valence-electron chi connectivity index (χ0n) is 13.7. The van der Waals surface area contributed by atoms with Gasteiger partial charge >= 0.3 is 0 Å². The second kappa shape index (κ2) is 8.31. The SMILES string of the molecule is CCNC(=O)c1ccc(NC(=O)CN(C)C2CCCC2)cc1Cl. The van der Waals surface area contributed by atoms with Gasteiger partial charge in [-0.05, 0) is 45.0 Å². The molecule has 0 radical (unpaired) electrons. The highest BCUT2D eigenvalue weighted by Crippen LogP contribution is 2.23. The Morgan fingerprint density at radius 3 is 2.61 bits per heavy atom. The van der Waals surface area contributed by atoms with E-state index in [1.807, 2.05) is 14.0 Å². The fourth-order valence-corrected chi connectivity index (χ4v) is 3.20. The number of anilines is 1. The summed E-state index contributed by atoms with van der Waals surface area (Å²) in [5.41, 5.74) is 1.02. The van der Waals surface area contributed by atoms with Gasteiger partial charge in [-0.1, -0.05) is 24.4 Å². The maximum atomic E-state index is 12.1. The monoisotopic (exact) mass is 337 g/mol. The van der Waals surface area contributed by atoms with E-state index in [1.165, 1.54) is 12.8 Å². The molecule has 6 heteroatoms. The van der Waals surface area contributed by atoms with Crippen LogP contribution < -0.4 is 10.6 Å². The smallest absolute Gasteiger partial charge is 0.252 e. The summed E-state index contributed by atoms with van der Waals surface area (Å²) in [7, 11) is 1.99. The summed E-state index contributed by atoms with van der Waals surface area (Å²) in [5.74, 6) is -0.280. The summed E-state index contributed by atoms with van der Waals surface area (Å²) in [4.78, 5) is 26.0. The zero-order valence-corrected chi connectivity index (χ0v) is 14.4. The average molecular weight is 338 g/mol. The van der Waals surface area contributed by atoms with E-state index in [1.54, 1.807) is 18.2 Å². The molecule has 0 spiro atoms. The van der Waals surface area contributed by atoms with Crippen molar-refractivity contribution in [3.05, 3.63) is 28.8 Å². The van der Waals surface area contributed by atoms with Crippen molar-refractivity contribution in [2.24, 2.45) is 0 Å². The van der Waals surface area contributed by atoms with Crippen LogP contribution in [0.2, 0.25) is 5.02 Å². The molecule has 126 valence electrons. The number of halogens is 1. The Labute approximate surface area is 142 Å². The molecule has 2 N–H and O–H groups in total. The minimum Gasteiger partial charge on any atom is -0.352 e. The Morgan fingerprint density at radius 1 is 1.30 bits per heavy atom. The lowest BCUT2D eigenvalue weighted by Crippen LogP contribution is -2.36. The van der Waals surface area contributed by atoms with Gasteiger partial charge in [-0.25, -0.2) is 0 Å². The predicted octanol–water partition coefficient (Wildman–Crippen LogP) is 2.90. The molecule has 0 aliphatic heterocycles. The molecule has 23 heavy (non-hydrogen) atoms. The van der Waals surface area contributed by atoms with Crippen LogP contribution in [0.25, 0.3) is 0 Å². The Balaban J connectivity index is 1.93. The minimum absolute atomic E-state index is 0.0683. The van der Waals surface area contributed by atoms with Crippen LogP contribution in [0.1, 0.15) is 43.0 Å². The maximum Gasteiger partial charge on any atom is 0.252 e. The van der Waals surface area contributed by atoms with Gasteiger partial charge in [0, 0.05) is 18.3 Å². The number of amides is 2. The number of hydrogen-bond donors (Lipinski definition) is 2. The fraction of sp³-hybridized carbons (Fsp3) is 0.529. The number of rotatable bonds is 6. The van der Waals surface area contributed by atoms with Gasteiger partial charge in [0.15, 0.2) is 0 Å². The molecule has 1 aliphatic carbocycles. The molecule has 0 unspecified atom stereocenters. The summed E-state index contributed by atoms with van der Waals surface area (Å²) < 4.78 is 0. The highest BCUT2D eigenvalue weighted by atomic mass is 35.5. The van der Waals surface area contributed by atoms with Gasteiger partial charge in [-0.15, -0.1) is 0 Å². The molecule has 0 saturated heterocycles. The Hall–Kier alpha value is -1.59. The van der Waals surface area contributed by atoms with Gasteiger partial charge in [-0.2, -0.15) is 0 Å². The molecule has 1 fully saturated rings. The van der Waals surface area contributed by atoms with Crippen molar-refractivity contribution in [1.82, 2.24) is 10.2 Å². The van der Waals surface area contributed by atoms with Crippen LogP contribution in [-0.4, -0.2) is 42.9 Å². The minimum atomic E-state index is -0.212. The second-order valence-corrected chi connectivity index (χ2v) is 6.36. The van der Waals surface area contributed by atoms with E-state index in [0.29, 0.717) is 35.4 Å². The van der Waals surface area contributed by atoms with Crippen molar-refractivity contribution in [1.29, 1.82) is 0 Å². The van der Waals surface area contributed by atoms with Gasteiger partial charge in [0.05, 0.1) is 17.1 Å². The van der Waals surface area contributed by atoms with Gasteiger partial charge < -0.3 is 10.6 Å². The number of carbonyl (C=O) groups excluding carboxylic acids is 2. The first-order valence-electron chi connectivity index (χ1n) is 8.09. The molecule has 0 atom stereocenters. The molecule has 0 bridgehead atoms. The summed E-state index contributed by atoms with van der Waals surface area (Å²) in [6.07, 6.45) is 4.81. The standard InChI is InChI=1S/C17H24ClN3O2/c1-3-19-17(23)14-9-8-12(10-15(14)18)20-16(22)11-21(2)13-6-4-5-7-13/h8-10,13H,3-7,11H2,1-2H3,(H,19,23)(H,20,22). The van der Waals surface area contributed by atoms with Crippen molar-refractivity contribution in [2.45, 2.75) is 38.6 Å². The van der Waals surface area contributed by atoms with E-state index in [2.05, 4.69) is 15.5 Å². The molecule has 0 aromatic heterocycles. The van der Waals surface area contributed by atoms with E-state index < -0.39 is 0 Å². The summed E-state index contributed by atoms with van der Waals surface area (Å²) >= 11 is 6.13. The summed E-state index contributed by atoms with van der Waals surface area (Å²) in [6.45, 7) is 2.75. The Kier molecular flexibility index (Phi) is 6.42. The lowest BCUT2D eigenvalue weighted by molar-refractivity contribution is -0.117. The van der Waals surface area contributed by atoms with Crippen LogP contribution in [-0.2, 0) is 4.79 Å². The molecule has 1 aromatic rings. The van der Waals surface area contributed by atoms with Gasteiger partial charge in [0.1, 0.15) is 0 Å². The van der Waals surface area contributed by atoms with Crippen LogP contribution in [0.15, 0.2) is 18.2 Å². The van der Waals surface area contributed by atoms with Crippen molar-refractivity contribution in [2.75, 3.05) is 25.5 Å². The van der Waals surface area contributed by atoms with E-state index >= 15 is 0 Å². The van der Waals surface area contributed by atoms with Gasteiger partial charge in [-0.3, -0.25) is 14.5 Å². The number of carbonyl (C=O) groups is 2. The zero-order chi connectivity index (χ0) is 16.8. The average Bonchev–Trinajstić information content (AvgIpc) is 3.01. The summed E-state index contributed by atoms with van der Waals surface area (Å²) in [5, 5.41) is 5.87. The molecule has 1 aromatic carbocycles. The highest BCUT2D eigenvalue weighted by Gasteiger charge is 2.21. The van der Waals surface area contributed by atoms with E-state index in [-0.39, 0.29) is 11.8 Å². The topological polar surface area (TPSA) is 61.4 Å². The first-order valence-corrected chi connectivity index (χ1v) is 8.47. The fourth-order valence-electron chi connectivity index (χ4n) is 2.93. The quantitative estimate of drug-likeness (QED) is 0.839. The summed E-state index contributed by atoms with van der Waals surface area (Å²) in [6, 6.07) is 5.44. The lowest BCUT2D eigenvalue weighted by atomic mass is 10.2. The van der Waals surface area contributed by atoms with Crippen molar-refractivity contribution < 1.29 is 9.59 Å². The first kappa shape index (κ1) is 17.8. The van der Waals surface area contributed by atoms with Crippen LogP contribution in [0.4, 0.5) is 5.69 Å². The molecular formula is C17H24ClN3O2. The Bertz CT molecular complexity index is 571. The van der Waals surface area contributed by atoms with Crippen LogP contribution in [0, 0.1) is 0 Å². The third-order valence-corrected chi connectivity index (χ3v) is 4.49. The number of hydrogen-bond acceptors (Lipinski definition) is 3. The third kappa shape index (κ3) is 4.94. The van der Waals surface area contributed by atoms with Gasteiger partial charge in [0.2, 0.25) is 5.91 Å². The lowest BCUT2D eigenvalue weighted by Gasteiger charge is -2.23. The predicted molar refractivity (Wildman–Crippen MR) is 93.0 cm³/mol. The van der Waals surface area contributed by atoms with Gasteiger partial charge in [0.25, 0.3) is 5.91 Å². The number of nitrogens with one attached hydrogen (secondary N) is 2. The normalized spacial score (nSPS) is 15.0. The first-order chi connectivity index (χ1) is 11.0. The largest absolute Gasteiger partial charge is 0.352 e. The maximum absolute atomic E-state index is 12.1. The molecular weight excluding hydrogens is 314 g/mol. The van der Waals surface area contributed by atoms with E-state index in [0.717, 1.165) is 12.8 Å². The molecule has 1 saturated carbocycles.